The van der Waals surface area contributed by atoms with Gasteiger partial charge in [-0.05, 0) is 41.7 Å². The van der Waals surface area contributed by atoms with Gasteiger partial charge in [0.05, 0.1) is 6.10 Å². The normalized spacial score (nSPS) is 12.5. The monoisotopic (exact) mass is 288 g/mol. The van der Waals surface area contributed by atoms with Gasteiger partial charge in [0.2, 0.25) is 0 Å². The summed E-state index contributed by atoms with van der Waals surface area (Å²) in [6.07, 6.45) is -0.683. The molecule has 112 valence electrons. The second kappa shape index (κ2) is 6.72. The fourth-order valence-electron chi connectivity index (χ4n) is 2.05. The van der Waals surface area contributed by atoms with Crippen molar-refractivity contribution in [2.45, 2.75) is 39.4 Å². The van der Waals surface area contributed by atoms with Crippen LogP contribution in [-0.2, 0) is 6.61 Å². The van der Waals surface area contributed by atoms with E-state index in [1.54, 1.807) is 19.1 Å². The Kier molecular flexibility index (Phi) is 4.97. The third-order valence-electron chi connectivity index (χ3n) is 3.48. The number of rotatable bonds is 5. The van der Waals surface area contributed by atoms with Gasteiger partial charge in [0.1, 0.15) is 6.61 Å². The first-order valence-corrected chi connectivity index (χ1v) is 7.16. The molecule has 0 saturated carbocycles. The highest BCUT2D eigenvalue weighted by Crippen LogP contribution is 2.23. The lowest BCUT2D eigenvalue weighted by molar-refractivity contribution is 0.198. The number of aliphatic hydroxyl groups excluding tert-OH is 1. The molecular weight excluding hydrogens is 267 g/mol. The minimum absolute atomic E-state index is 0.201. The molecule has 2 rings (SSSR count). The quantitative estimate of drug-likeness (QED) is 0.872. The first kappa shape index (κ1) is 15.5. The smallest absolute Gasteiger partial charge is 0.165 e. The van der Waals surface area contributed by atoms with Gasteiger partial charge in [-0.25, -0.2) is 4.39 Å². The van der Waals surface area contributed by atoms with Crippen molar-refractivity contribution in [1.82, 2.24) is 0 Å². The average molecular weight is 288 g/mol. The van der Waals surface area contributed by atoms with Crippen LogP contribution in [0.3, 0.4) is 0 Å². The molecule has 1 atom stereocenters. The van der Waals surface area contributed by atoms with E-state index in [-0.39, 0.29) is 5.75 Å². The molecule has 0 heterocycles. The Hall–Kier alpha value is -1.87. The lowest BCUT2D eigenvalue weighted by atomic mass is 10.0. The van der Waals surface area contributed by atoms with Gasteiger partial charge < -0.3 is 9.84 Å². The molecular formula is C18H21FO2. The summed E-state index contributed by atoms with van der Waals surface area (Å²) in [7, 11) is 0. The van der Waals surface area contributed by atoms with Crippen molar-refractivity contribution >= 4 is 0 Å². The van der Waals surface area contributed by atoms with Crippen LogP contribution in [0.5, 0.6) is 5.75 Å². The van der Waals surface area contributed by atoms with Crippen LogP contribution in [0.4, 0.5) is 4.39 Å². The van der Waals surface area contributed by atoms with Gasteiger partial charge in [-0.3, -0.25) is 0 Å². The lowest BCUT2D eigenvalue weighted by Gasteiger charge is -2.11. The zero-order chi connectivity index (χ0) is 15.4. The molecule has 0 aliphatic heterocycles. The topological polar surface area (TPSA) is 29.5 Å². The van der Waals surface area contributed by atoms with Gasteiger partial charge >= 0.3 is 0 Å². The van der Waals surface area contributed by atoms with Gasteiger partial charge in [0.15, 0.2) is 11.6 Å². The van der Waals surface area contributed by atoms with Crippen molar-refractivity contribution in [1.29, 1.82) is 0 Å². The van der Waals surface area contributed by atoms with Crippen LogP contribution >= 0.6 is 0 Å². The summed E-state index contributed by atoms with van der Waals surface area (Å²) in [5, 5.41) is 9.41. The highest BCUT2D eigenvalue weighted by Gasteiger charge is 2.08. The number of hydrogen-bond acceptors (Lipinski definition) is 2. The van der Waals surface area contributed by atoms with Crippen molar-refractivity contribution in [3.8, 4) is 5.75 Å². The van der Waals surface area contributed by atoms with E-state index in [4.69, 9.17) is 4.74 Å². The molecule has 2 aromatic rings. The first-order chi connectivity index (χ1) is 9.97. The van der Waals surface area contributed by atoms with E-state index in [0.717, 1.165) is 5.56 Å². The van der Waals surface area contributed by atoms with E-state index in [1.165, 1.54) is 11.6 Å². The molecule has 0 bridgehead atoms. The predicted molar refractivity (Wildman–Crippen MR) is 81.9 cm³/mol. The van der Waals surface area contributed by atoms with Crippen molar-refractivity contribution in [3.05, 3.63) is 65.0 Å². The number of benzene rings is 2. The fraction of sp³-hybridized carbons (Fsp3) is 0.333. The van der Waals surface area contributed by atoms with E-state index in [9.17, 15) is 9.50 Å². The maximum atomic E-state index is 13.8. The Bertz CT molecular complexity index is 589. The highest BCUT2D eigenvalue weighted by molar-refractivity contribution is 5.31. The van der Waals surface area contributed by atoms with Crippen LogP contribution in [0.1, 0.15) is 49.5 Å². The van der Waals surface area contributed by atoms with Crippen LogP contribution in [-0.4, -0.2) is 5.11 Å². The molecule has 0 spiro atoms. The Balaban J connectivity index is 2.02. The SMILES string of the molecule is CC(C)c1ccc(COc2ccc(C(C)O)cc2F)cc1. The van der Waals surface area contributed by atoms with Crippen LogP contribution in [0.2, 0.25) is 0 Å². The van der Waals surface area contributed by atoms with Gasteiger partial charge in [0.25, 0.3) is 0 Å². The van der Waals surface area contributed by atoms with E-state index >= 15 is 0 Å². The second-order valence-corrected chi connectivity index (χ2v) is 5.55. The molecule has 0 aliphatic carbocycles. The van der Waals surface area contributed by atoms with Gasteiger partial charge in [-0.2, -0.15) is 0 Å². The first-order valence-electron chi connectivity index (χ1n) is 7.16. The molecule has 0 amide bonds. The Morgan fingerprint density at radius 2 is 1.62 bits per heavy atom. The van der Waals surface area contributed by atoms with Crippen molar-refractivity contribution in [2.24, 2.45) is 0 Å². The predicted octanol–water partition coefficient (Wildman–Crippen LogP) is 4.58. The van der Waals surface area contributed by atoms with Gasteiger partial charge in [-0.15, -0.1) is 0 Å². The molecule has 0 saturated heterocycles. The van der Waals surface area contributed by atoms with Crippen LogP contribution in [0.15, 0.2) is 42.5 Å². The molecule has 2 nitrogen and oxygen atoms in total. The fourth-order valence-corrected chi connectivity index (χ4v) is 2.05. The maximum Gasteiger partial charge on any atom is 0.165 e. The summed E-state index contributed by atoms with van der Waals surface area (Å²) in [5.41, 5.74) is 2.81. The standard InChI is InChI=1S/C18H21FO2/c1-12(2)15-6-4-14(5-7-15)11-21-18-9-8-16(13(3)20)10-17(18)19/h4-10,12-13,20H,11H2,1-3H3. The number of halogens is 1. The summed E-state index contributed by atoms with van der Waals surface area (Å²) in [6.45, 7) is 6.21. The molecule has 0 aromatic heterocycles. The third kappa shape index (κ3) is 4.05. The average Bonchev–Trinajstić information content (AvgIpc) is 2.46. The molecule has 2 aromatic carbocycles. The number of aliphatic hydroxyl groups is 1. The van der Waals surface area contributed by atoms with Crippen LogP contribution in [0.25, 0.3) is 0 Å². The zero-order valence-electron chi connectivity index (χ0n) is 12.6. The minimum atomic E-state index is -0.683. The highest BCUT2D eigenvalue weighted by atomic mass is 19.1. The van der Waals surface area contributed by atoms with Gasteiger partial charge in [0, 0.05) is 0 Å². The summed E-state index contributed by atoms with van der Waals surface area (Å²) in [6, 6.07) is 12.7. The number of hydrogen-bond donors (Lipinski definition) is 1. The van der Waals surface area contributed by atoms with Crippen LogP contribution in [0, 0.1) is 5.82 Å². The van der Waals surface area contributed by atoms with Crippen LogP contribution < -0.4 is 4.74 Å². The third-order valence-corrected chi connectivity index (χ3v) is 3.48. The zero-order valence-corrected chi connectivity index (χ0v) is 12.6. The summed E-state index contributed by atoms with van der Waals surface area (Å²) < 4.78 is 19.3. The minimum Gasteiger partial charge on any atom is -0.486 e. The summed E-state index contributed by atoms with van der Waals surface area (Å²) >= 11 is 0. The summed E-state index contributed by atoms with van der Waals surface area (Å²) in [5.74, 6) is 0.241. The summed E-state index contributed by atoms with van der Waals surface area (Å²) in [4.78, 5) is 0. The molecule has 0 fully saturated rings. The number of ether oxygens (including phenoxy) is 1. The van der Waals surface area contributed by atoms with E-state index in [1.807, 2.05) is 12.1 Å². The Morgan fingerprint density at radius 3 is 2.14 bits per heavy atom. The van der Waals surface area contributed by atoms with Gasteiger partial charge in [-0.1, -0.05) is 44.2 Å². The maximum absolute atomic E-state index is 13.8. The largest absolute Gasteiger partial charge is 0.486 e. The second-order valence-electron chi connectivity index (χ2n) is 5.55. The van der Waals surface area contributed by atoms with E-state index < -0.39 is 11.9 Å². The molecule has 0 aliphatic rings. The molecule has 1 N–H and O–H groups in total. The van der Waals surface area contributed by atoms with Crippen molar-refractivity contribution in [3.63, 3.8) is 0 Å². The van der Waals surface area contributed by atoms with Crippen molar-refractivity contribution < 1.29 is 14.2 Å². The van der Waals surface area contributed by atoms with E-state index in [0.29, 0.717) is 18.1 Å². The molecule has 21 heavy (non-hydrogen) atoms. The molecule has 1 unspecified atom stereocenters. The van der Waals surface area contributed by atoms with E-state index in [2.05, 4.69) is 26.0 Å². The Morgan fingerprint density at radius 1 is 1.00 bits per heavy atom. The molecule has 0 radical (unpaired) electrons. The van der Waals surface area contributed by atoms with Crippen molar-refractivity contribution in [2.75, 3.05) is 0 Å². The molecule has 3 heteroatoms. The Labute approximate surface area is 125 Å². The lowest BCUT2D eigenvalue weighted by Crippen LogP contribution is -1.99.